The van der Waals surface area contributed by atoms with Crippen LogP contribution in [0, 0.1) is 0 Å². The molecule has 234 valence electrons. The smallest absolute Gasteiger partial charge is 0.128 e. The maximum Gasteiger partial charge on any atom is 0.128 e. The Labute approximate surface area is 284 Å². The van der Waals surface area contributed by atoms with Crippen LogP contribution in [0.4, 0.5) is 0 Å². The lowest BCUT2D eigenvalue weighted by molar-refractivity contribution is 0.554. The van der Waals surface area contributed by atoms with Gasteiger partial charge < -0.3 is 10.3 Å². The SMILES string of the molecule is N/C(=N\C(NCc1ccccc1)c1ccccc1)c1ccc(-n2c3ccccc3c3c4c5ccccc5ccc4c4ccccc4c32)cc1. The average Bonchev–Trinajstić information content (AvgIpc) is 3.52. The number of hydrogen-bond donors (Lipinski definition) is 2. The van der Waals surface area contributed by atoms with E-state index >= 15 is 0 Å². The second-order valence-electron chi connectivity index (χ2n) is 12.6. The van der Waals surface area contributed by atoms with Crippen molar-refractivity contribution in [3.05, 3.63) is 187 Å². The number of nitrogens with one attached hydrogen (secondary N) is 1. The minimum atomic E-state index is -0.284. The Morgan fingerprint density at radius 1 is 0.551 bits per heavy atom. The van der Waals surface area contributed by atoms with Gasteiger partial charge in [-0.05, 0) is 63.0 Å². The Bertz CT molecular complexity index is 2660. The van der Waals surface area contributed by atoms with E-state index in [2.05, 4.69) is 155 Å². The van der Waals surface area contributed by atoms with Crippen molar-refractivity contribution in [3.63, 3.8) is 0 Å². The molecular weight excluding hydrogens is 597 g/mol. The molecule has 0 aliphatic rings. The zero-order valence-corrected chi connectivity index (χ0v) is 26.9. The third kappa shape index (κ3) is 5.02. The highest BCUT2D eigenvalue weighted by atomic mass is 15.1. The summed E-state index contributed by atoms with van der Waals surface area (Å²) in [7, 11) is 0. The molecule has 0 bridgehead atoms. The minimum Gasteiger partial charge on any atom is -0.383 e. The van der Waals surface area contributed by atoms with Gasteiger partial charge in [0.15, 0.2) is 0 Å². The van der Waals surface area contributed by atoms with Gasteiger partial charge in [0.1, 0.15) is 12.0 Å². The lowest BCUT2D eigenvalue weighted by Gasteiger charge is -2.17. The number of aromatic nitrogens is 1. The molecule has 3 N–H and O–H groups in total. The molecule has 0 radical (unpaired) electrons. The molecule has 0 spiro atoms. The summed E-state index contributed by atoms with van der Waals surface area (Å²) >= 11 is 0. The van der Waals surface area contributed by atoms with Gasteiger partial charge in [-0.1, -0.05) is 140 Å². The first-order chi connectivity index (χ1) is 24.2. The van der Waals surface area contributed by atoms with Gasteiger partial charge in [0, 0.05) is 39.3 Å². The second-order valence-corrected chi connectivity index (χ2v) is 12.6. The zero-order valence-electron chi connectivity index (χ0n) is 26.9. The van der Waals surface area contributed by atoms with Gasteiger partial charge in [0.05, 0.1) is 11.0 Å². The number of nitrogens with two attached hydrogens (primary N) is 1. The summed E-state index contributed by atoms with van der Waals surface area (Å²) in [5.41, 5.74) is 13.4. The van der Waals surface area contributed by atoms with Gasteiger partial charge in [0.2, 0.25) is 0 Å². The molecule has 4 nitrogen and oxygen atoms in total. The molecule has 49 heavy (non-hydrogen) atoms. The van der Waals surface area contributed by atoms with E-state index in [9.17, 15) is 0 Å². The van der Waals surface area contributed by atoms with Crippen LogP contribution in [0.15, 0.2) is 175 Å². The minimum absolute atomic E-state index is 0.284. The van der Waals surface area contributed by atoms with Crippen molar-refractivity contribution >= 4 is 60.0 Å². The van der Waals surface area contributed by atoms with Gasteiger partial charge in [-0.15, -0.1) is 0 Å². The predicted molar refractivity (Wildman–Crippen MR) is 206 cm³/mol. The van der Waals surface area contributed by atoms with Crippen molar-refractivity contribution in [1.29, 1.82) is 0 Å². The predicted octanol–water partition coefficient (Wildman–Crippen LogP) is 10.4. The van der Waals surface area contributed by atoms with Gasteiger partial charge in [-0.3, -0.25) is 5.32 Å². The maximum absolute atomic E-state index is 6.74. The first-order valence-electron chi connectivity index (χ1n) is 16.8. The van der Waals surface area contributed by atoms with Crippen molar-refractivity contribution in [1.82, 2.24) is 9.88 Å². The first-order valence-corrected chi connectivity index (χ1v) is 16.8. The monoisotopic (exact) mass is 630 g/mol. The standard InChI is InChI=1S/C45H34N4/c46-44(48-45(33-16-5-2-6-17-33)47-29-30-13-3-1-4-14-30)32-23-26-34(27-24-32)49-40-22-12-11-21-39(40)42-41-35-18-8-7-15-31(35)25-28-37(41)36-19-9-10-20-38(36)43(42)49/h1-28,45,47H,29H2,(H2,46,48). The summed E-state index contributed by atoms with van der Waals surface area (Å²) in [4.78, 5) is 5.00. The molecule has 0 saturated carbocycles. The van der Waals surface area contributed by atoms with Crippen LogP contribution in [-0.4, -0.2) is 10.4 Å². The third-order valence-electron chi connectivity index (χ3n) is 9.67. The number of rotatable bonds is 7. The number of amidine groups is 1. The van der Waals surface area contributed by atoms with Crippen LogP contribution in [0.25, 0.3) is 59.8 Å². The number of para-hydroxylation sites is 1. The van der Waals surface area contributed by atoms with E-state index in [0.717, 1.165) is 16.8 Å². The molecule has 1 aromatic heterocycles. The molecule has 0 saturated heterocycles. The maximum atomic E-state index is 6.74. The van der Waals surface area contributed by atoms with Crippen molar-refractivity contribution in [2.75, 3.05) is 0 Å². The molecule has 0 aliphatic carbocycles. The van der Waals surface area contributed by atoms with Gasteiger partial charge in [0.25, 0.3) is 0 Å². The second kappa shape index (κ2) is 12.1. The highest BCUT2D eigenvalue weighted by Gasteiger charge is 2.20. The van der Waals surface area contributed by atoms with Gasteiger partial charge in [-0.2, -0.15) is 0 Å². The molecule has 0 fully saturated rings. The normalized spacial score (nSPS) is 12.8. The molecular formula is C45H34N4. The molecule has 8 aromatic carbocycles. The number of benzene rings is 8. The fraction of sp³-hybridized carbons (Fsp3) is 0.0444. The third-order valence-corrected chi connectivity index (χ3v) is 9.67. The van der Waals surface area contributed by atoms with E-state index in [1.54, 1.807) is 0 Å². The van der Waals surface area contributed by atoms with Crippen LogP contribution in [0.1, 0.15) is 22.9 Å². The molecule has 9 rings (SSSR count). The Kier molecular flexibility index (Phi) is 7.15. The Morgan fingerprint density at radius 3 is 1.96 bits per heavy atom. The summed E-state index contributed by atoms with van der Waals surface area (Å²) in [6.45, 7) is 0.682. The molecule has 0 amide bonds. The van der Waals surface area contributed by atoms with Crippen molar-refractivity contribution in [2.24, 2.45) is 10.7 Å². The van der Waals surface area contributed by atoms with Crippen LogP contribution < -0.4 is 11.1 Å². The van der Waals surface area contributed by atoms with Crippen LogP contribution in [0.3, 0.4) is 0 Å². The van der Waals surface area contributed by atoms with Crippen LogP contribution >= 0.6 is 0 Å². The highest BCUT2D eigenvalue weighted by molar-refractivity contribution is 6.36. The molecule has 1 atom stereocenters. The van der Waals surface area contributed by atoms with Crippen molar-refractivity contribution in [3.8, 4) is 5.69 Å². The number of nitrogens with zero attached hydrogens (tertiary/aromatic N) is 2. The van der Waals surface area contributed by atoms with Crippen molar-refractivity contribution < 1.29 is 0 Å². The molecule has 0 aliphatic heterocycles. The van der Waals surface area contributed by atoms with E-state index in [0.29, 0.717) is 12.4 Å². The summed E-state index contributed by atoms with van der Waals surface area (Å²) in [5, 5.41) is 13.7. The molecule has 1 heterocycles. The average molecular weight is 631 g/mol. The zero-order chi connectivity index (χ0) is 32.7. The Hall–Kier alpha value is -6.23. The van der Waals surface area contributed by atoms with E-state index < -0.39 is 0 Å². The van der Waals surface area contributed by atoms with Crippen molar-refractivity contribution in [2.45, 2.75) is 12.7 Å². The summed E-state index contributed by atoms with van der Waals surface area (Å²) in [5.74, 6) is 0.492. The summed E-state index contributed by atoms with van der Waals surface area (Å²) in [6, 6.07) is 60.0. The van der Waals surface area contributed by atoms with Gasteiger partial charge in [-0.25, -0.2) is 4.99 Å². The van der Waals surface area contributed by atoms with E-state index in [1.807, 2.05) is 24.3 Å². The van der Waals surface area contributed by atoms with E-state index in [1.165, 1.54) is 59.7 Å². The number of fused-ring (bicyclic) bond motifs is 10. The molecule has 1 unspecified atom stereocenters. The quantitative estimate of drug-likeness (QED) is 0.105. The fourth-order valence-corrected chi connectivity index (χ4v) is 7.38. The lowest BCUT2D eigenvalue weighted by Crippen LogP contribution is -2.23. The first kappa shape index (κ1) is 29.0. The Balaban J connectivity index is 1.19. The summed E-state index contributed by atoms with van der Waals surface area (Å²) in [6.07, 6.45) is -0.284. The number of aliphatic imine (C=N–C) groups is 1. The van der Waals surface area contributed by atoms with Crippen LogP contribution in [0.2, 0.25) is 0 Å². The fourth-order valence-electron chi connectivity index (χ4n) is 7.38. The lowest BCUT2D eigenvalue weighted by atomic mass is 9.93. The highest BCUT2D eigenvalue weighted by Crippen LogP contribution is 2.44. The topological polar surface area (TPSA) is 55.3 Å². The Morgan fingerprint density at radius 2 is 1.18 bits per heavy atom. The van der Waals surface area contributed by atoms with Crippen LogP contribution in [0.5, 0.6) is 0 Å². The number of hydrogen-bond acceptors (Lipinski definition) is 2. The largest absolute Gasteiger partial charge is 0.383 e. The van der Waals surface area contributed by atoms with E-state index in [-0.39, 0.29) is 6.17 Å². The summed E-state index contributed by atoms with van der Waals surface area (Å²) < 4.78 is 2.42. The van der Waals surface area contributed by atoms with Gasteiger partial charge >= 0.3 is 0 Å². The van der Waals surface area contributed by atoms with Crippen LogP contribution in [-0.2, 0) is 6.54 Å². The van der Waals surface area contributed by atoms with E-state index in [4.69, 9.17) is 10.7 Å². The molecule has 9 aromatic rings. The molecule has 4 heteroatoms.